The van der Waals surface area contributed by atoms with Gasteiger partial charge in [0.05, 0.1) is 24.1 Å². The summed E-state index contributed by atoms with van der Waals surface area (Å²) in [5.74, 6) is -0.117. The minimum atomic E-state index is -0.0924. The van der Waals surface area contributed by atoms with E-state index in [0.717, 1.165) is 49.9 Å². The molecule has 2 aromatic rings. The number of carbonyl (C=O) groups is 2. The molecule has 0 radical (unpaired) electrons. The van der Waals surface area contributed by atoms with E-state index in [9.17, 15) is 9.59 Å². The summed E-state index contributed by atoms with van der Waals surface area (Å²) in [5, 5.41) is 2.96. The molecule has 2 aromatic heterocycles. The maximum Gasteiger partial charge on any atom is 0.308 e. The first kappa shape index (κ1) is 17.5. The highest BCUT2D eigenvalue weighted by atomic mass is 16.5. The van der Waals surface area contributed by atoms with Crippen LogP contribution in [-0.4, -0.2) is 59.6 Å². The normalized spacial score (nSPS) is 16.2. The summed E-state index contributed by atoms with van der Waals surface area (Å²) in [6, 6.07) is 3.84. The van der Waals surface area contributed by atoms with Gasteiger partial charge >= 0.3 is 5.97 Å². The van der Waals surface area contributed by atoms with Crippen molar-refractivity contribution in [3.8, 4) is 0 Å². The molecule has 0 bridgehead atoms. The molecule has 7 heteroatoms. The lowest BCUT2D eigenvalue weighted by Crippen LogP contribution is -2.38. The number of piperidine rings is 1. The highest BCUT2D eigenvalue weighted by Gasteiger charge is 2.25. The van der Waals surface area contributed by atoms with E-state index in [1.54, 1.807) is 0 Å². The highest BCUT2D eigenvalue weighted by molar-refractivity contribution is 5.97. The summed E-state index contributed by atoms with van der Waals surface area (Å²) in [6.07, 6.45) is 4.57. The minimum Gasteiger partial charge on any atom is -0.469 e. The van der Waals surface area contributed by atoms with Gasteiger partial charge in [0.1, 0.15) is 5.69 Å². The molecule has 3 rings (SSSR count). The molecule has 0 unspecified atom stereocenters. The van der Waals surface area contributed by atoms with Crippen LogP contribution >= 0.6 is 0 Å². The van der Waals surface area contributed by atoms with Crippen LogP contribution in [-0.2, 0) is 16.6 Å². The number of esters is 1. The molecule has 136 valence electrons. The van der Waals surface area contributed by atoms with Gasteiger partial charge in [0.25, 0.3) is 5.91 Å². The second-order valence-electron chi connectivity index (χ2n) is 6.66. The smallest absolute Gasteiger partial charge is 0.308 e. The monoisotopic (exact) mass is 346 g/mol. The molecule has 1 saturated heterocycles. The number of carbonyl (C=O) groups excluding carboxylic acids is 2. The van der Waals surface area contributed by atoms with E-state index in [2.05, 4.69) is 15.2 Å². The van der Waals surface area contributed by atoms with Crippen molar-refractivity contribution >= 4 is 22.9 Å². The van der Waals surface area contributed by atoms with Gasteiger partial charge in [-0.3, -0.25) is 9.59 Å². The quantitative estimate of drug-likeness (QED) is 0.614. The van der Waals surface area contributed by atoms with Crippen molar-refractivity contribution < 1.29 is 14.3 Å². The lowest BCUT2D eigenvalue weighted by molar-refractivity contribution is -0.147. The molecule has 1 aliphatic rings. The number of rotatable bonds is 6. The van der Waals surface area contributed by atoms with Crippen molar-refractivity contribution in [3.63, 3.8) is 0 Å². The molecule has 0 atom stereocenters. The number of hydrogen-bond acceptors (Lipinski definition) is 4. The number of amides is 1. The standard InChI is InChI=1S/C18H26N4O3/c1-21-9-6-14-16(21)12-15(20-14)17(23)19-7-3-8-22-10-4-13(5-11-22)18(24)25-2/h6,9,12-13,20H,3-5,7-8,10-11H2,1-2H3,(H,19,23). The number of ether oxygens (including phenoxy) is 1. The van der Waals surface area contributed by atoms with Crippen molar-refractivity contribution in [3.05, 3.63) is 24.0 Å². The third-order valence-electron chi connectivity index (χ3n) is 4.97. The van der Waals surface area contributed by atoms with Crippen LogP contribution in [0.5, 0.6) is 0 Å². The van der Waals surface area contributed by atoms with Crippen molar-refractivity contribution in [2.24, 2.45) is 13.0 Å². The van der Waals surface area contributed by atoms with Gasteiger partial charge in [-0.15, -0.1) is 0 Å². The molecular weight excluding hydrogens is 320 g/mol. The SMILES string of the molecule is COC(=O)C1CCN(CCCNC(=O)c2cc3c(ccn3C)[nH]2)CC1. The van der Waals surface area contributed by atoms with E-state index in [4.69, 9.17) is 4.74 Å². The number of hydrogen-bond donors (Lipinski definition) is 2. The zero-order valence-electron chi connectivity index (χ0n) is 14.9. The minimum absolute atomic E-state index is 0.0444. The predicted octanol–water partition coefficient (Wildman–Crippen LogP) is 1.51. The molecule has 0 spiro atoms. The Bertz CT molecular complexity index is 741. The van der Waals surface area contributed by atoms with Gasteiger partial charge in [0, 0.05) is 19.8 Å². The fourth-order valence-corrected chi connectivity index (χ4v) is 3.43. The van der Waals surface area contributed by atoms with E-state index in [-0.39, 0.29) is 17.8 Å². The van der Waals surface area contributed by atoms with Gasteiger partial charge in [-0.2, -0.15) is 0 Å². The van der Waals surface area contributed by atoms with Crippen molar-refractivity contribution in [2.75, 3.05) is 33.3 Å². The van der Waals surface area contributed by atoms with E-state index in [1.807, 2.05) is 29.9 Å². The first-order valence-corrected chi connectivity index (χ1v) is 8.81. The largest absolute Gasteiger partial charge is 0.469 e. The Hall–Kier alpha value is -2.28. The summed E-state index contributed by atoms with van der Waals surface area (Å²) in [4.78, 5) is 29.2. The van der Waals surface area contributed by atoms with Gasteiger partial charge in [0.15, 0.2) is 0 Å². The molecular formula is C18H26N4O3. The van der Waals surface area contributed by atoms with Crippen molar-refractivity contribution in [1.29, 1.82) is 0 Å². The first-order valence-electron chi connectivity index (χ1n) is 8.81. The van der Waals surface area contributed by atoms with E-state index < -0.39 is 0 Å². The zero-order chi connectivity index (χ0) is 17.8. The summed E-state index contributed by atoms with van der Waals surface area (Å²) in [6.45, 7) is 3.40. The summed E-state index contributed by atoms with van der Waals surface area (Å²) in [5.41, 5.74) is 2.60. The fraction of sp³-hybridized carbons (Fsp3) is 0.556. The van der Waals surface area contributed by atoms with Crippen LogP contribution in [0.15, 0.2) is 18.3 Å². The molecule has 0 aromatic carbocycles. The molecule has 1 aliphatic heterocycles. The number of H-pyrrole nitrogens is 1. The molecule has 7 nitrogen and oxygen atoms in total. The summed E-state index contributed by atoms with van der Waals surface area (Å²) < 4.78 is 6.79. The maximum absolute atomic E-state index is 12.2. The topological polar surface area (TPSA) is 79.4 Å². The number of aryl methyl sites for hydroxylation is 1. The molecule has 0 aliphatic carbocycles. The molecule has 2 N–H and O–H groups in total. The Labute approximate surface area is 147 Å². The molecule has 3 heterocycles. The Kier molecular flexibility index (Phi) is 5.43. The predicted molar refractivity (Wildman–Crippen MR) is 95.4 cm³/mol. The average molecular weight is 346 g/mol. The van der Waals surface area contributed by atoms with Gasteiger partial charge in [-0.05, 0) is 51.0 Å². The van der Waals surface area contributed by atoms with Crippen LogP contribution < -0.4 is 5.32 Å². The summed E-state index contributed by atoms with van der Waals surface area (Å²) >= 11 is 0. The van der Waals surface area contributed by atoms with Crippen LogP contribution in [0.4, 0.5) is 0 Å². The number of nitrogens with zero attached hydrogens (tertiary/aromatic N) is 2. The molecule has 0 saturated carbocycles. The number of fused-ring (bicyclic) bond motifs is 1. The number of likely N-dealkylation sites (tertiary alicyclic amines) is 1. The maximum atomic E-state index is 12.2. The number of nitrogens with one attached hydrogen (secondary N) is 2. The van der Waals surface area contributed by atoms with Crippen LogP contribution in [0.25, 0.3) is 11.0 Å². The van der Waals surface area contributed by atoms with Crippen molar-refractivity contribution in [1.82, 2.24) is 19.8 Å². The Morgan fingerprint density at radius 2 is 2.12 bits per heavy atom. The van der Waals surface area contributed by atoms with Gasteiger partial charge in [0.2, 0.25) is 0 Å². The Morgan fingerprint density at radius 3 is 2.80 bits per heavy atom. The van der Waals surface area contributed by atoms with Gasteiger partial charge in [-0.25, -0.2) is 0 Å². The van der Waals surface area contributed by atoms with E-state index in [0.29, 0.717) is 12.2 Å². The Balaban J connectivity index is 1.37. The van der Waals surface area contributed by atoms with Crippen LogP contribution in [0, 0.1) is 5.92 Å². The fourth-order valence-electron chi connectivity index (χ4n) is 3.43. The van der Waals surface area contributed by atoms with E-state index >= 15 is 0 Å². The summed E-state index contributed by atoms with van der Waals surface area (Å²) in [7, 11) is 3.41. The Morgan fingerprint density at radius 1 is 1.36 bits per heavy atom. The second kappa shape index (κ2) is 7.74. The number of aromatic nitrogens is 2. The molecule has 1 fully saturated rings. The van der Waals surface area contributed by atoms with Crippen LogP contribution in [0.2, 0.25) is 0 Å². The van der Waals surface area contributed by atoms with Gasteiger partial charge in [-0.1, -0.05) is 0 Å². The van der Waals surface area contributed by atoms with E-state index in [1.165, 1.54) is 7.11 Å². The number of methoxy groups -OCH3 is 1. The first-order chi connectivity index (χ1) is 12.1. The lowest BCUT2D eigenvalue weighted by atomic mass is 9.97. The van der Waals surface area contributed by atoms with Crippen molar-refractivity contribution in [2.45, 2.75) is 19.3 Å². The lowest BCUT2D eigenvalue weighted by Gasteiger charge is -2.30. The average Bonchev–Trinajstić information content (AvgIpc) is 3.21. The third-order valence-corrected chi connectivity index (χ3v) is 4.97. The molecule has 25 heavy (non-hydrogen) atoms. The second-order valence-corrected chi connectivity index (χ2v) is 6.66. The number of aromatic amines is 1. The van der Waals surface area contributed by atoms with Crippen LogP contribution in [0.3, 0.4) is 0 Å². The highest BCUT2D eigenvalue weighted by Crippen LogP contribution is 2.18. The molecule has 1 amide bonds. The van der Waals surface area contributed by atoms with Crippen LogP contribution in [0.1, 0.15) is 29.8 Å². The van der Waals surface area contributed by atoms with Gasteiger partial charge < -0.3 is 24.5 Å². The third kappa shape index (κ3) is 4.04. The zero-order valence-corrected chi connectivity index (χ0v) is 14.9.